The SMILES string of the molecule is O=CCNC(=O)NCC1CCCS(=O)(=O)C1. The van der Waals surface area contributed by atoms with E-state index in [9.17, 15) is 18.0 Å². The summed E-state index contributed by atoms with van der Waals surface area (Å²) in [5.41, 5.74) is 0. The quantitative estimate of drug-likeness (QED) is 0.644. The van der Waals surface area contributed by atoms with E-state index in [2.05, 4.69) is 10.6 Å². The molecule has 2 N–H and O–H groups in total. The Labute approximate surface area is 94.7 Å². The number of sulfone groups is 1. The summed E-state index contributed by atoms with van der Waals surface area (Å²) in [6.07, 6.45) is 2.06. The van der Waals surface area contributed by atoms with Gasteiger partial charge in [-0.05, 0) is 18.8 Å². The minimum absolute atomic E-state index is 0.0132. The normalized spacial score (nSPS) is 23.4. The number of hydrogen-bond donors (Lipinski definition) is 2. The Morgan fingerprint density at radius 3 is 2.75 bits per heavy atom. The lowest BCUT2D eigenvalue weighted by atomic mass is 10.1. The third-order valence-electron chi connectivity index (χ3n) is 2.45. The predicted molar refractivity (Wildman–Crippen MR) is 58.8 cm³/mol. The Morgan fingerprint density at radius 2 is 2.12 bits per heavy atom. The van der Waals surface area contributed by atoms with Crippen molar-refractivity contribution in [2.24, 2.45) is 5.92 Å². The summed E-state index contributed by atoms with van der Waals surface area (Å²) in [6.45, 7) is 0.304. The fourth-order valence-electron chi connectivity index (χ4n) is 1.71. The van der Waals surface area contributed by atoms with Crippen LogP contribution in [0.3, 0.4) is 0 Å². The molecule has 1 aliphatic rings. The van der Waals surface area contributed by atoms with Crippen LogP contribution in [0.25, 0.3) is 0 Å². The second-order valence-corrected chi connectivity index (χ2v) is 6.11. The second-order valence-electron chi connectivity index (χ2n) is 3.88. The van der Waals surface area contributed by atoms with Gasteiger partial charge >= 0.3 is 6.03 Å². The predicted octanol–water partition coefficient (Wildman–Crippen LogP) is -0.691. The average Bonchev–Trinajstić information content (AvgIpc) is 2.22. The van der Waals surface area contributed by atoms with E-state index in [4.69, 9.17) is 0 Å². The summed E-state index contributed by atoms with van der Waals surface area (Å²) in [5.74, 6) is 0.377. The molecule has 0 spiro atoms. The first-order chi connectivity index (χ1) is 7.53. The van der Waals surface area contributed by atoms with E-state index in [1.165, 1.54) is 0 Å². The van der Waals surface area contributed by atoms with Crippen molar-refractivity contribution in [3.63, 3.8) is 0 Å². The number of aldehydes is 1. The maximum atomic E-state index is 11.3. The van der Waals surface area contributed by atoms with Crippen molar-refractivity contribution in [2.75, 3.05) is 24.6 Å². The van der Waals surface area contributed by atoms with Gasteiger partial charge in [0.1, 0.15) is 6.29 Å². The van der Waals surface area contributed by atoms with Crippen molar-refractivity contribution >= 4 is 22.2 Å². The first-order valence-electron chi connectivity index (χ1n) is 5.19. The molecule has 1 aliphatic heterocycles. The van der Waals surface area contributed by atoms with E-state index in [1.54, 1.807) is 0 Å². The van der Waals surface area contributed by atoms with Crippen LogP contribution in [0.2, 0.25) is 0 Å². The molecule has 0 aromatic heterocycles. The number of urea groups is 1. The van der Waals surface area contributed by atoms with Crippen LogP contribution in [0.5, 0.6) is 0 Å². The van der Waals surface area contributed by atoms with Crippen LogP contribution in [-0.2, 0) is 14.6 Å². The summed E-state index contributed by atoms with van der Waals surface area (Å²) in [7, 11) is -2.92. The molecule has 1 unspecified atom stereocenters. The van der Waals surface area contributed by atoms with E-state index >= 15 is 0 Å². The largest absolute Gasteiger partial charge is 0.338 e. The van der Waals surface area contributed by atoms with E-state index in [0.717, 1.165) is 6.42 Å². The minimum atomic E-state index is -2.92. The van der Waals surface area contributed by atoms with Crippen LogP contribution in [0.15, 0.2) is 0 Å². The van der Waals surface area contributed by atoms with Crippen molar-refractivity contribution in [2.45, 2.75) is 12.8 Å². The van der Waals surface area contributed by atoms with E-state index in [-0.39, 0.29) is 24.0 Å². The molecule has 0 aromatic carbocycles. The first-order valence-corrected chi connectivity index (χ1v) is 7.01. The first kappa shape index (κ1) is 13.0. The van der Waals surface area contributed by atoms with Crippen LogP contribution in [0.4, 0.5) is 4.79 Å². The van der Waals surface area contributed by atoms with Crippen molar-refractivity contribution < 1.29 is 18.0 Å². The van der Waals surface area contributed by atoms with Crippen LogP contribution < -0.4 is 10.6 Å². The molecule has 1 rings (SSSR count). The highest BCUT2D eigenvalue weighted by Crippen LogP contribution is 2.17. The molecule has 92 valence electrons. The van der Waals surface area contributed by atoms with E-state index in [0.29, 0.717) is 19.3 Å². The number of amides is 2. The molecule has 0 radical (unpaired) electrons. The summed E-state index contributed by atoms with van der Waals surface area (Å²) in [5, 5.41) is 4.88. The van der Waals surface area contributed by atoms with Gasteiger partial charge in [-0.15, -0.1) is 0 Å². The van der Waals surface area contributed by atoms with Crippen LogP contribution in [0, 0.1) is 5.92 Å². The van der Waals surface area contributed by atoms with Gasteiger partial charge in [-0.3, -0.25) is 0 Å². The molecule has 2 amide bonds. The highest BCUT2D eigenvalue weighted by molar-refractivity contribution is 7.91. The topological polar surface area (TPSA) is 92.3 Å². The third-order valence-corrected chi connectivity index (χ3v) is 4.34. The van der Waals surface area contributed by atoms with Gasteiger partial charge in [-0.25, -0.2) is 13.2 Å². The molecular weight excluding hydrogens is 232 g/mol. The van der Waals surface area contributed by atoms with Crippen molar-refractivity contribution in [3.05, 3.63) is 0 Å². The summed E-state index contributed by atoms with van der Waals surface area (Å²) >= 11 is 0. The molecule has 1 atom stereocenters. The molecular formula is C9H16N2O4S. The Balaban J connectivity index is 2.27. The average molecular weight is 248 g/mol. The fourth-order valence-corrected chi connectivity index (χ4v) is 3.49. The van der Waals surface area contributed by atoms with Crippen molar-refractivity contribution in [1.29, 1.82) is 0 Å². The lowest BCUT2D eigenvalue weighted by molar-refractivity contribution is -0.107. The van der Waals surface area contributed by atoms with Crippen LogP contribution >= 0.6 is 0 Å². The van der Waals surface area contributed by atoms with E-state index in [1.807, 2.05) is 0 Å². The highest BCUT2D eigenvalue weighted by Gasteiger charge is 2.24. The smallest absolute Gasteiger partial charge is 0.315 e. The maximum Gasteiger partial charge on any atom is 0.315 e. The fraction of sp³-hybridized carbons (Fsp3) is 0.778. The minimum Gasteiger partial charge on any atom is -0.338 e. The Morgan fingerprint density at radius 1 is 1.38 bits per heavy atom. The molecule has 7 heteroatoms. The van der Waals surface area contributed by atoms with Gasteiger partial charge in [0.15, 0.2) is 9.84 Å². The van der Waals surface area contributed by atoms with Gasteiger partial charge in [0.2, 0.25) is 0 Å². The van der Waals surface area contributed by atoms with Crippen molar-refractivity contribution in [3.8, 4) is 0 Å². The maximum absolute atomic E-state index is 11.3. The number of hydrogen-bond acceptors (Lipinski definition) is 4. The number of carbonyl (C=O) groups excluding carboxylic acids is 2. The molecule has 1 heterocycles. The molecule has 0 bridgehead atoms. The van der Waals surface area contributed by atoms with Crippen molar-refractivity contribution in [1.82, 2.24) is 10.6 Å². The lowest BCUT2D eigenvalue weighted by Gasteiger charge is -2.21. The van der Waals surface area contributed by atoms with Gasteiger partial charge in [0, 0.05) is 6.54 Å². The monoisotopic (exact) mass is 248 g/mol. The number of carbonyl (C=O) groups is 2. The van der Waals surface area contributed by atoms with Gasteiger partial charge in [0.25, 0.3) is 0 Å². The third kappa shape index (κ3) is 4.61. The van der Waals surface area contributed by atoms with Crippen LogP contribution in [-0.4, -0.2) is 45.3 Å². The molecule has 16 heavy (non-hydrogen) atoms. The number of nitrogens with one attached hydrogen (secondary N) is 2. The van der Waals surface area contributed by atoms with Gasteiger partial charge in [-0.2, -0.15) is 0 Å². The molecule has 1 fully saturated rings. The molecule has 6 nitrogen and oxygen atoms in total. The zero-order chi connectivity index (χ0) is 12.0. The zero-order valence-electron chi connectivity index (χ0n) is 8.94. The molecule has 0 aromatic rings. The summed E-state index contributed by atoms with van der Waals surface area (Å²) in [4.78, 5) is 21.1. The zero-order valence-corrected chi connectivity index (χ0v) is 9.76. The number of rotatable bonds is 4. The summed E-state index contributed by atoms with van der Waals surface area (Å²) < 4.78 is 22.6. The van der Waals surface area contributed by atoms with E-state index < -0.39 is 15.9 Å². The Bertz CT molecular complexity index is 353. The Kier molecular flexibility index (Phi) is 4.72. The standard InChI is InChI=1S/C9H16N2O4S/c12-4-3-10-9(13)11-6-8-2-1-5-16(14,15)7-8/h4,8H,1-3,5-7H2,(H2,10,11,13). The van der Waals surface area contributed by atoms with Gasteiger partial charge in [0.05, 0.1) is 18.1 Å². The Hall–Kier alpha value is -1.11. The highest BCUT2D eigenvalue weighted by atomic mass is 32.2. The molecule has 0 aliphatic carbocycles. The second kappa shape index (κ2) is 5.83. The van der Waals surface area contributed by atoms with Gasteiger partial charge in [-0.1, -0.05) is 0 Å². The van der Waals surface area contributed by atoms with Crippen LogP contribution in [0.1, 0.15) is 12.8 Å². The molecule has 1 saturated heterocycles. The molecule has 0 saturated carbocycles. The summed E-state index contributed by atoms with van der Waals surface area (Å²) in [6, 6.07) is -0.435. The lowest BCUT2D eigenvalue weighted by Crippen LogP contribution is -2.41. The van der Waals surface area contributed by atoms with Gasteiger partial charge < -0.3 is 15.4 Å².